The summed E-state index contributed by atoms with van der Waals surface area (Å²) in [5.41, 5.74) is 1.92. The van der Waals surface area contributed by atoms with E-state index in [0.29, 0.717) is 27.9 Å². The molecule has 30 heavy (non-hydrogen) atoms. The van der Waals surface area contributed by atoms with Crippen molar-refractivity contribution in [2.24, 2.45) is 0 Å². The molecular weight excluding hydrogens is 422 g/mol. The normalized spacial score (nSPS) is 15.9. The van der Waals surface area contributed by atoms with Crippen molar-refractivity contribution < 1.29 is 14.3 Å². The summed E-state index contributed by atoms with van der Waals surface area (Å²) in [5.74, 6) is -0.00818. The fraction of sp³-hybridized carbons (Fsp3) is 0.227. The monoisotopic (exact) mass is 441 g/mol. The van der Waals surface area contributed by atoms with Crippen LogP contribution in [-0.2, 0) is 9.59 Å². The van der Waals surface area contributed by atoms with Gasteiger partial charge in [0.25, 0.3) is 0 Å². The molecule has 1 heterocycles. The lowest BCUT2D eigenvalue weighted by atomic mass is 9.87. The summed E-state index contributed by atoms with van der Waals surface area (Å²) in [5, 5.41) is 16.2. The number of anilines is 1. The maximum absolute atomic E-state index is 12.3. The molecule has 8 heteroatoms. The molecule has 0 spiro atoms. The summed E-state index contributed by atoms with van der Waals surface area (Å²) < 4.78 is 5.38. The maximum atomic E-state index is 12.3. The van der Waals surface area contributed by atoms with Gasteiger partial charge in [-0.25, -0.2) is 0 Å². The number of halogens is 1. The standard InChI is InChI=1S/C22H20ClN3O3S/c1-2-29-17-9-7-16(8-10-17)25-21(28)13-30-22-19(12-24)18(11-20(27)26-22)14-3-5-15(23)6-4-14/h3-10,18H,2,11,13H2,1H3,(H,25,28)(H,26,27)/t18-/m1/s1. The highest BCUT2D eigenvalue weighted by atomic mass is 35.5. The zero-order valence-electron chi connectivity index (χ0n) is 16.3. The molecule has 2 aromatic carbocycles. The van der Waals surface area contributed by atoms with Gasteiger partial charge in [0, 0.05) is 23.0 Å². The van der Waals surface area contributed by atoms with Gasteiger partial charge in [-0.15, -0.1) is 0 Å². The maximum Gasteiger partial charge on any atom is 0.234 e. The van der Waals surface area contributed by atoms with Gasteiger partial charge in [0.15, 0.2) is 0 Å². The third-order valence-corrected chi connectivity index (χ3v) is 5.69. The van der Waals surface area contributed by atoms with Crippen molar-refractivity contribution in [2.45, 2.75) is 19.3 Å². The van der Waals surface area contributed by atoms with E-state index in [9.17, 15) is 14.9 Å². The van der Waals surface area contributed by atoms with Crippen LogP contribution in [0.3, 0.4) is 0 Å². The molecule has 3 rings (SSSR count). The molecule has 0 fully saturated rings. The van der Waals surface area contributed by atoms with Crippen LogP contribution in [-0.4, -0.2) is 24.2 Å². The highest BCUT2D eigenvalue weighted by molar-refractivity contribution is 8.03. The second kappa shape index (κ2) is 10.2. The number of hydrogen-bond donors (Lipinski definition) is 2. The third-order valence-electron chi connectivity index (χ3n) is 4.43. The molecule has 1 aliphatic heterocycles. The first-order chi connectivity index (χ1) is 14.5. The first kappa shape index (κ1) is 21.8. The molecule has 154 valence electrons. The molecule has 0 aliphatic carbocycles. The number of nitriles is 1. The molecule has 0 radical (unpaired) electrons. The van der Waals surface area contributed by atoms with Gasteiger partial charge in [-0.05, 0) is 48.9 Å². The average molecular weight is 442 g/mol. The van der Waals surface area contributed by atoms with Gasteiger partial charge in [0.05, 0.1) is 29.0 Å². The molecule has 2 amide bonds. The molecule has 1 atom stereocenters. The Bertz CT molecular complexity index is 998. The first-order valence-electron chi connectivity index (χ1n) is 9.35. The van der Waals surface area contributed by atoms with Gasteiger partial charge >= 0.3 is 0 Å². The van der Waals surface area contributed by atoms with Crippen LogP contribution >= 0.6 is 23.4 Å². The summed E-state index contributed by atoms with van der Waals surface area (Å²) >= 11 is 7.08. The number of hydrogen-bond acceptors (Lipinski definition) is 5. The van der Waals surface area contributed by atoms with Crippen molar-refractivity contribution in [3.8, 4) is 11.8 Å². The highest BCUT2D eigenvalue weighted by Gasteiger charge is 2.29. The van der Waals surface area contributed by atoms with E-state index < -0.39 is 0 Å². The topological polar surface area (TPSA) is 91.2 Å². The summed E-state index contributed by atoms with van der Waals surface area (Å²) in [4.78, 5) is 24.5. The smallest absolute Gasteiger partial charge is 0.234 e. The largest absolute Gasteiger partial charge is 0.494 e. The number of amides is 2. The van der Waals surface area contributed by atoms with E-state index in [-0.39, 0.29) is 29.9 Å². The van der Waals surface area contributed by atoms with E-state index in [0.717, 1.165) is 23.1 Å². The zero-order valence-corrected chi connectivity index (χ0v) is 17.8. The van der Waals surface area contributed by atoms with E-state index in [2.05, 4.69) is 16.7 Å². The molecule has 6 nitrogen and oxygen atoms in total. The van der Waals surface area contributed by atoms with Gasteiger partial charge in [0.2, 0.25) is 11.8 Å². The van der Waals surface area contributed by atoms with Crippen molar-refractivity contribution in [1.82, 2.24) is 5.32 Å². The molecule has 1 aliphatic rings. The zero-order chi connectivity index (χ0) is 21.5. The van der Waals surface area contributed by atoms with Gasteiger partial charge in [-0.2, -0.15) is 5.26 Å². The number of rotatable bonds is 7. The number of benzene rings is 2. The van der Waals surface area contributed by atoms with Crippen molar-refractivity contribution >= 4 is 40.9 Å². The fourth-order valence-electron chi connectivity index (χ4n) is 3.05. The summed E-state index contributed by atoms with van der Waals surface area (Å²) in [6.45, 7) is 2.47. The van der Waals surface area contributed by atoms with Crippen LogP contribution in [0.5, 0.6) is 5.75 Å². The summed E-state index contributed by atoms with van der Waals surface area (Å²) in [6, 6.07) is 16.3. The number of allylic oxidation sites excluding steroid dienone is 1. The number of nitrogens with zero attached hydrogens (tertiary/aromatic N) is 1. The number of carbonyl (C=O) groups excluding carboxylic acids is 2. The van der Waals surface area contributed by atoms with Crippen molar-refractivity contribution in [2.75, 3.05) is 17.7 Å². The second-order valence-electron chi connectivity index (χ2n) is 6.51. The summed E-state index contributed by atoms with van der Waals surface area (Å²) in [6.07, 6.45) is 0.174. The van der Waals surface area contributed by atoms with Crippen molar-refractivity contribution in [3.05, 3.63) is 69.7 Å². The Balaban J connectivity index is 1.68. The van der Waals surface area contributed by atoms with Crippen LogP contribution in [0.15, 0.2) is 59.1 Å². The molecular formula is C22H20ClN3O3S. The first-order valence-corrected chi connectivity index (χ1v) is 10.7. The van der Waals surface area contributed by atoms with Crippen LogP contribution in [0.2, 0.25) is 5.02 Å². The summed E-state index contributed by atoms with van der Waals surface area (Å²) in [7, 11) is 0. The van der Waals surface area contributed by atoms with E-state index >= 15 is 0 Å². The lowest BCUT2D eigenvalue weighted by Gasteiger charge is -2.25. The van der Waals surface area contributed by atoms with Gasteiger partial charge in [-0.3, -0.25) is 9.59 Å². The van der Waals surface area contributed by atoms with Crippen LogP contribution < -0.4 is 15.4 Å². The lowest BCUT2D eigenvalue weighted by molar-refractivity contribution is -0.121. The Morgan fingerprint density at radius 3 is 2.60 bits per heavy atom. The quantitative estimate of drug-likeness (QED) is 0.662. The number of thioether (sulfide) groups is 1. The lowest BCUT2D eigenvalue weighted by Crippen LogP contribution is -2.31. The molecule has 2 N–H and O–H groups in total. The van der Waals surface area contributed by atoms with Crippen molar-refractivity contribution in [3.63, 3.8) is 0 Å². The SMILES string of the molecule is CCOc1ccc(NC(=O)CSC2=C(C#N)[C@@H](c3ccc(Cl)cc3)CC(=O)N2)cc1. The molecule has 0 unspecified atom stereocenters. The Morgan fingerprint density at radius 2 is 1.97 bits per heavy atom. The predicted molar refractivity (Wildman–Crippen MR) is 118 cm³/mol. The number of carbonyl (C=O) groups is 2. The van der Waals surface area contributed by atoms with Crippen LogP contribution in [0, 0.1) is 11.3 Å². The van der Waals surface area contributed by atoms with Crippen LogP contribution in [0.4, 0.5) is 5.69 Å². The number of nitrogens with one attached hydrogen (secondary N) is 2. The van der Waals surface area contributed by atoms with E-state index in [1.54, 1.807) is 36.4 Å². The van der Waals surface area contributed by atoms with Crippen LogP contribution in [0.25, 0.3) is 0 Å². The average Bonchev–Trinajstić information content (AvgIpc) is 2.74. The van der Waals surface area contributed by atoms with Gasteiger partial charge in [0.1, 0.15) is 5.75 Å². The molecule has 0 aromatic heterocycles. The Hall–Kier alpha value is -2.95. The minimum Gasteiger partial charge on any atom is -0.494 e. The van der Waals surface area contributed by atoms with Gasteiger partial charge in [-0.1, -0.05) is 35.5 Å². The molecule has 0 saturated carbocycles. The highest BCUT2D eigenvalue weighted by Crippen LogP contribution is 2.36. The Kier molecular flexibility index (Phi) is 7.39. The Morgan fingerprint density at radius 1 is 1.27 bits per heavy atom. The minimum absolute atomic E-state index is 0.0569. The molecule has 2 aromatic rings. The molecule has 0 bridgehead atoms. The fourth-order valence-corrected chi connectivity index (χ4v) is 4.05. The number of ether oxygens (including phenoxy) is 1. The third kappa shape index (κ3) is 5.56. The van der Waals surface area contributed by atoms with Crippen LogP contribution in [0.1, 0.15) is 24.8 Å². The van der Waals surface area contributed by atoms with Crippen molar-refractivity contribution in [1.29, 1.82) is 5.26 Å². The molecule has 0 saturated heterocycles. The second-order valence-corrected chi connectivity index (χ2v) is 7.93. The van der Waals surface area contributed by atoms with E-state index in [1.807, 2.05) is 19.1 Å². The van der Waals surface area contributed by atoms with E-state index in [4.69, 9.17) is 16.3 Å². The minimum atomic E-state index is -0.363. The van der Waals surface area contributed by atoms with Gasteiger partial charge < -0.3 is 15.4 Å². The Labute approximate surface area is 184 Å². The predicted octanol–water partition coefficient (Wildman–Crippen LogP) is 4.45. The van der Waals surface area contributed by atoms with E-state index in [1.165, 1.54) is 0 Å².